The van der Waals surface area contributed by atoms with Crippen LogP contribution in [-0.2, 0) is 0 Å². The molecular weight excluding hydrogens is 615 g/mol. The van der Waals surface area contributed by atoms with Crippen molar-refractivity contribution in [3.05, 3.63) is 143 Å². The molecule has 2 aliphatic heterocycles. The number of alkyl halides is 2. The number of anilines is 2. The van der Waals surface area contributed by atoms with Gasteiger partial charge < -0.3 is 0 Å². The molecule has 0 amide bonds. The number of nitriles is 1. The van der Waals surface area contributed by atoms with Crippen LogP contribution in [0.25, 0.3) is 5.57 Å². The summed E-state index contributed by atoms with van der Waals surface area (Å²) in [5.41, 5.74) is 12.3. The summed E-state index contributed by atoms with van der Waals surface area (Å²) in [7, 11) is 0. The summed E-state index contributed by atoms with van der Waals surface area (Å²) in [6.07, 6.45) is 17.5. The monoisotopic (exact) mass is 647 g/mol. The maximum absolute atomic E-state index is 9.40. The molecule has 7 rings (SSSR count). The molecule has 2 aromatic carbocycles. The maximum atomic E-state index is 9.40. The Morgan fingerprint density at radius 2 is 1.78 bits per heavy atom. The molecule has 1 aromatic heterocycles. The zero-order valence-corrected chi connectivity index (χ0v) is 25.3. The molecule has 4 nitrogen and oxygen atoms in total. The van der Waals surface area contributed by atoms with Crippen LogP contribution in [0.2, 0.25) is 0 Å². The van der Waals surface area contributed by atoms with E-state index in [2.05, 4.69) is 113 Å². The summed E-state index contributed by atoms with van der Waals surface area (Å²) in [5.74, 6) is 0.245. The summed E-state index contributed by atoms with van der Waals surface area (Å²) in [6, 6.07) is 26.1. The van der Waals surface area contributed by atoms with E-state index in [-0.39, 0.29) is 27.1 Å². The van der Waals surface area contributed by atoms with Gasteiger partial charge in [-0.3, -0.25) is 0 Å². The first kappa shape index (κ1) is 26.0. The Kier molecular flexibility index (Phi) is 7.10. The first-order valence-electron chi connectivity index (χ1n) is 14.4. The molecule has 4 aliphatic rings. The van der Waals surface area contributed by atoms with Crippen LogP contribution in [-0.4, -0.2) is 13.3 Å². The van der Waals surface area contributed by atoms with Gasteiger partial charge in [0.25, 0.3) is 0 Å². The van der Waals surface area contributed by atoms with E-state index in [1.165, 1.54) is 44.2 Å². The molecule has 0 saturated heterocycles. The van der Waals surface area contributed by atoms with Crippen molar-refractivity contribution in [2.45, 2.75) is 42.4 Å². The third-order valence-corrected chi connectivity index (χ3v) is 11.4. The molecule has 3 heterocycles. The van der Waals surface area contributed by atoms with Gasteiger partial charge in [0.15, 0.2) is 0 Å². The second kappa shape index (κ2) is 11.2. The van der Waals surface area contributed by atoms with Crippen LogP contribution in [0.15, 0.2) is 126 Å². The number of nitrogens with zero attached hydrogens (tertiary/aromatic N) is 4. The molecule has 204 valence electrons. The second-order valence-corrected chi connectivity index (χ2v) is 14.7. The average Bonchev–Trinajstić information content (AvgIpc) is 3.04. The number of aromatic nitrogens is 1. The first-order chi connectivity index (χ1) is 20.2. The van der Waals surface area contributed by atoms with Crippen molar-refractivity contribution in [1.82, 2.24) is 4.98 Å². The Hall–Kier alpha value is -3.89. The van der Waals surface area contributed by atoms with Gasteiger partial charge in [0, 0.05) is 0 Å². The van der Waals surface area contributed by atoms with E-state index in [0.717, 1.165) is 40.7 Å². The van der Waals surface area contributed by atoms with E-state index in [4.69, 9.17) is 0 Å². The number of hydrogen-bond donors (Lipinski definition) is 0. The Morgan fingerprint density at radius 3 is 2.66 bits per heavy atom. The molecule has 0 N–H and O–H groups in total. The van der Waals surface area contributed by atoms with Crippen molar-refractivity contribution in [3.8, 4) is 6.07 Å². The molecule has 0 bridgehead atoms. The zero-order valence-electron chi connectivity index (χ0n) is 23.2. The van der Waals surface area contributed by atoms with Gasteiger partial charge in [-0.25, -0.2) is 0 Å². The van der Waals surface area contributed by atoms with Gasteiger partial charge in [0.1, 0.15) is 0 Å². The quantitative estimate of drug-likeness (QED) is 0.294. The van der Waals surface area contributed by atoms with E-state index >= 15 is 0 Å². The van der Waals surface area contributed by atoms with E-state index < -0.39 is 0 Å². The van der Waals surface area contributed by atoms with Gasteiger partial charge in [-0.1, -0.05) is 0 Å². The van der Waals surface area contributed by atoms with Crippen molar-refractivity contribution < 1.29 is 21.2 Å². The normalized spacial score (nSPS) is 22.0. The predicted octanol–water partition coefficient (Wildman–Crippen LogP) is 5.06. The van der Waals surface area contributed by atoms with Crippen molar-refractivity contribution in [2.75, 3.05) is 14.2 Å². The van der Waals surface area contributed by atoms with Crippen molar-refractivity contribution in [3.63, 3.8) is 0 Å². The van der Waals surface area contributed by atoms with Crippen LogP contribution in [0, 0.1) is 11.3 Å². The van der Waals surface area contributed by atoms with Crippen LogP contribution in [0.1, 0.15) is 55.3 Å². The Bertz CT molecular complexity index is 1690. The molecule has 0 fully saturated rings. The van der Waals surface area contributed by atoms with Crippen molar-refractivity contribution in [2.24, 2.45) is 0 Å². The Balaban J connectivity index is 1.36. The topological polar surface area (TPSA) is 43.2 Å². The molecule has 0 radical (unpaired) electrons. The average molecular weight is 648 g/mol. The molecular formula is C36H32IN4-. The summed E-state index contributed by atoms with van der Waals surface area (Å²) in [5, 5.41) is 9.40. The van der Waals surface area contributed by atoms with E-state index in [1.807, 2.05) is 12.1 Å². The fourth-order valence-electron chi connectivity index (χ4n) is 6.44. The van der Waals surface area contributed by atoms with Gasteiger partial charge in [0.05, 0.1) is 0 Å². The number of para-hydroxylation sites is 2. The number of allylic oxidation sites excluding steroid dienone is 9. The number of halogens is 1. The van der Waals surface area contributed by atoms with E-state index in [0.29, 0.717) is 5.69 Å². The third-order valence-electron chi connectivity index (χ3n) is 8.31. The third kappa shape index (κ3) is 4.85. The zero-order chi connectivity index (χ0) is 27.8. The van der Waals surface area contributed by atoms with Crippen molar-refractivity contribution >= 4 is 16.9 Å². The van der Waals surface area contributed by atoms with E-state index in [9.17, 15) is 5.26 Å². The van der Waals surface area contributed by atoms with Crippen LogP contribution >= 0.6 is 0 Å². The van der Waals surface area contributed by atoms with Gasteiger partial charge >= 0.3 is 249 Å². The van der Waals surface area contributed by atoms with Gasteiger partial charge in [-0.05, 0) is 0 Å². The van der Waals surface area contributed by atoms with Crippen molar-refractivity contribution in [1.29, 1.82) is 5.26 Å². The van der Waals surface area contributed by atoms with Gasteiger partial charge in [-0.15, -0.1) is 0 Å². The minimum atomic E-state index is 0.0747. The Morgan fingerprint density at radius 1 is 0.927 bits per heavy atom. The number of pyridine rings is 1. The first-order valence-corrected chi connectivity index (χ1v) is 17.2. The fraction of sp³-hybridized carbons (Fsp3) is 0.222. The SMILES string of the molecule is CC1CC2=C(C[I-]1)N(c1ccccc1C1C=C(c3ccnc(C#N)c3)C=CC1)C1=C(CCC=C1)N2c1ccccc1. The fourth-order valence-corrected chi connectivity index (χ4v) is 9.12. The molecule has 2 aliphatic carbocycles. The number of hydrogen-bond acceptors (Lipinski definition) is 4. The summed E-state index contributed by atoms with van der Waals surface area (Å²) in [4.78, 5) is 9.41. The molecule has 2 unspecified atom stereocenters. The predicted molar refractivity (Wildman–Crippen MR) is 163 cm³/mol. The van der Waals surface area contributed by atoms with Gasteiger partial charge in [0.2, 0.25) is 0 Å². The van der Waals surface area contributed by atoms with Crippen LogP contribution in [0.3, 0.4) is 0 Å². The molecule has 0 saturated carbocycles. The molecule has 3 aromatic rings. The molecule has 5 heteroatoms. The summed E-state index contributed by atoms with van der Waals surface area (Å²) >= 11 is 0.0747. The second-order valence-electron chi connectivity index (χ2n) is 10.9. The summed E-state index contributed by atoms with van der Waals surface area (Å²) < 4.78 is 1.95. The van der Waals surface area contributed by atoms with Crippen LogP contribution in [0.4, 0.5) is 11.4 Å². The Labute approximate surface area is 253 Å². The van der Waals surface area contributed by atoms with Crippen LogP contribution < -0.4 is 31.0 Å². The molecule has 2 atom stereocenters. The summed E-state index contributed by atoms with van der Waals surface area (Å²) in [6.45, 7) is 2.45. The number of rotatable bonds is 4. The molecule has 0 spiro atoms. The van der Waals surface area contributed by atoms with E-state index in [1.54, 1.807) is 6.20 Å². The van der Waals surface area contributed by atoms with Crippen LogP contribution in [0.5, 0.6) is 0 Å². The molecule has 41 heavy (non-hydrogen) atoms. The van der Waals surface area contributed by atoms with Gasteiger partial charge in [-0.2, -0.15) is 5.26 Å². The number of benzene rings is 2. The standard InChI is InChI=1S/C36H32IN4/c1-25-20-35-36(23-37-25)41(34-17-8-7-16-33(34)40(35)30-12-3-2-4-13-30)32-15-6-5-14-31(32)28-11-9-10-26(21-28)27-18-19-39-29(22-27)24-38/h2-6,8-10,12-15,17-19,21-22,25,28H,7,11,16,20,23H2,1H3/q-1. The minimum absolute atomic E-state index is 0.0747.